The monoisotopic (exact) mass is 399 g/mol. The van der Waals surface area contributed by atoms with Crippen molar-refractivity contribution in [3.63, 3.8) is 0 Å². The lowest BCUT2D eigenvalue weighted by Gasteiger charge is -2.13. The number of ether oxygens (including phenoxy) is 1. The van der Waals surface area contributed by atoms with Gasteiger partial charge in [0, 0.05) is 35.5 Å². The zero-order chi connectivity index (χ0) is 17.3. The number of halogens is 1. The predicted molar refractivity (Wildman–Crippen MR) is 103 cm³/mol. The summed E-state index contributed by atoms with van der Waals surface area (Å²) in [4.78, 5) is 4.06. The molecule has 0 saturated carbocycles. The van der Waals surface area contributed by atoms with Crippen LogP contribution in [-0.4, -0.2) is 16.1 Å². The van der Waals surface area contributed by atoms with E-state index in [0.717, 1.165) is 41.8 Å². The Morgan fingerprint density at radius 1 is 1.12 bits per heavy atom. The van der Waals surface area contributed by atoms with Crippen LogP contribution in [0, 0.1) is 0 Å². The number of hydrogen-bond donors (Lipinski definition) is 1. The van der Waals surface area contributed by atoms with Crippen molar-refractivity contribution >= 4 is 15.9 Å². The van der Waals surface area contributed by atoms with Gasteiger partial charge >= 0.3 is 0 Å². The average Bonchev–Trinajstić information content (AvgIpc) is 3.15. The first kappa shape index (κ1) is 17.7. The van der Waals surface area contributed by atoms with Gasteiger partial charge in [0.25, 0.3) is 0 Å². The van der Waals surface area contributed by atoms with Gasteiger partial charge in [-0.05, 0) is 36.7 Å². The minimum Gasteiger partial charge on any atom is -0.489 e. The molecule has 1 aromatic heterocycles. The molecule has 0 saturated heterocycles. The molecule has 1 heterocycles. The number of nitrogens with zero attached hydrogens (tertiary/aromatic N) is 2. The number of imidazole rings is 1. The molecule has 130 valence electrons. The number of rotatable bonds is 9. The summed E-state index contributed by atoms with van der Waals surface area (Å²) in [5.41, 5.74) is 2.33. The van der Waals surface area contributed by atoms with Crippen LogP contribution < -0.4 is 10.1 Å². The Morgan fingerprint density at radius 3 is 2.80 bits per heavy atom. The maximum absolute atomic E-state index is 6.02. The van der Waals surface area contributed by atoms with Crippen LogP contribution in [0.15, 0.2) is 71.7 Å². The van der Waals surface area contributed by atoms with Crippen molar-refractivity contribution in [2.75, 3.05) is 6.54 Å². The van der Waals surface area contributed by atoms with Gasteiger partial charge in [-0.2, -0.15) is 0 Å². The van der Waals surface area contributed by atoms with E-state index in [4.69, 9.17) is 4.74 Å². The highest BCUT2D eigenvalue weighted by molar-refractivity contribution is 9.10. The summed E-state index contributed by atoms with van der Waals surface area (Å²) in [6.07, 6.45) is 6.71. The van der Waals surface area contributed by atoms with Gasteiger partial charge < -0.3 is 14.6 Å². The van der Waals surface area contributed by atoms with E-state index in [2.05, 4.69) is 49.0 Å². The van der Waals surface area contributed by atoms with Crippen molar-refractivity contribution in [1.29, 1.82) is 0 Å². The highest BCUT2D eigenvalue weighted by atomic mass is 79.9. The molecule has 0 aliphatic heterocycles. The largest absolute Gasteiger partial charge is 0.489 e. The first-order valence-electron chi connectivity index (χ1n) is 8.43. The van der Waals surface area contributed by atoms with Gasteiger partial charge in [0.2, 0.25) is 0 Å². The van der Waals surface area contributed by atoms with Crippen molar-refractivity contribution in [3.05, 3.63) is 82.9 Å². The van der Waals surface area contributed by atoms with Gasteiger partial charge in [0.1, 0.15) is 12.4 Å². The highest BCUT2D eigenvalue weighted by Crippen LogP contribution is 2.24. The first-order valence-corrected chi connectivity index (χ1v) is 9.22. The van der Waals surface area contributed by atoms with E-state index in [9.17, 15) is 0 Å². The Morgan fingerprint density at radius 2 is 2.00 bits per heavy atom. The Bertz CT molecular complexity index is 760. The first-order chi connectivity index (χ1) is 12.3. The van der Waals surface area contributed by atoms with Gasteiger partial charge in [-0.15, -0.1) is 0 Å². The van der Waals surface area contributed by atoms with Crippen molar-refractivity contribution in [3.8, 4) is 5.75 Å². The van der Waals surface area contributed by atoms with Crippen LogP contribution in [0.5, 0.6) is 5.75 Å². The summed E-state index contributed by atoms with van der Waals surface area (Å²) >= 11 is 3.55. The fourth-order valence-corrected chi connectivity index (χ4v) is 3.00. The van der Waals surface area contributed by atoms with Gasteiger partial charge in [-0.3, -0.25) is 0 Å². The number of aryl methyl sites for hydroxylation is 1. The smallest absolute Gasteiger partial charge is 0.124 e. The molecule has 0 radical (unpaired) electrons. The van der Waals surface area contributed by atoms with Gasteiger partial charge in [0.05, 0.1) is 6.33 Å². The van der Waals surface area contributed by atoms with Crippen molar-refractivity contribution in [2.24, 2.45) is 0 Å². The molecule has 1 N–H and O–H groups in total. The molecule has 0 atom stereocenters. The van der Waals surface area contributed by atoms with Crippen molar-refractivity contribution in [1.82, 2.24) is 14.9 Å². The van der Waals surface area contributed by atoms with E-state index < -0.39 is 0 Å². The molecule has 0 bridgehead atoms. The fourth-order valence-electron chi connectivity index (χ4n) is 2.59. The molecule has 3 aromatic rings. The summed E-state index contributed by atoms with van der Waals surface area (Å²) in [6, 6.07) is 16.4. The van der Waals surface area contributed by atoms with Crippen LogP contribution in [-0.2, 0) is 19.7 Å². The summed E-state index contributed by atoms with van der Waals surface area (Å²) in [6.45, 7) is 3.29. The third-order valence-corrected chi connectivity index (χ3v) is 4.40. The minimum absolute atomic E-state index is 0.579. The number of hydrogen-bond acceptors (Lipinski definition) is 3. The summed E-state index contributed by atoms with van der Waals surface area (Å²) < 4.78 is 9.18. The zero-order valence-corrected chi connectivity index (χ0v) is 15.7. The summed E-state index contributed by atoms with van der Waals surface area (Å²) in [7, 11) is 0. The lowest BCUT2D eigenvalue weighted by Crippen LogP contribution is -2.17. The van der Waals surface area contributed by atoms with Gasteiger partial charge in [-0.25, -0.2) is 4.98 Å². The molecule has 0 amide bonds. The van der Waals surface area contributed by atoms with E-state index in [1.807, 2.05) is 49.1 Å². The molecule has 3 rings (SSSR count). The van der Waals surface area contributed by atoms with Crippen LogP contribution in [0.25, 0.3) is 0 Å². The number of nitrogens with one attached hydrogen (secondary N) is 1. The van der Waals surface area contributed by atoms with E-state index in [0.29, 0.717) is 6.61 Å². The molecule has 0 unspecified atom stereocenters. The average molecular weight is 400 g/mol. The summed E-state index contributed by atoms with van der Waals surface area (Å²) in [5, 5.41) is 3.50. The second-order valence-corrected chi connectivity index (χ2v) is 6.77. The molecule has 25 heavy (non-hydrogen) atoms. The van der Waals surface area contributed by atoms with E-state index >= 15 is 0 Å². The zero-order valence-electron chi connectivity index (χ0n) is 14.1. The van der Waals surface area contributed by atoms with Crippen molar-refractivity contribution < 1.29 is 4.74 Å². The van der Waals surface area contributed by atoms with Gasteiger partial charge in [0.15, 0.2) is 0 Å². The maximum Gasteiger partial charge on any atom is 0.124 e. The molecular weight excluding hydrogens is 378 g/mol. The second-order valence-electron chi connectivity index (χ2n) is 5.86. The lowest BCUT2D eigenvalue weighted by atomic mass is 10.2. The Balaban J connectivity index is 1.50. The topological polar surface area (TPSA) is 39.1 Å². The second kappa shape index (κ2) is 9.39. The third-order valence-electron chi connectivity index (χ3n) is 3.90. The minimum atomic E-state index is 0.579. The molecule has 5 heteroatoms. The molecule has 2 aromatic carbocycles. The lowest BCUT2D eigenvalue weighted by molar-refractivity contribution is 0.302. The van der Waals surface area contributed by atoms with Crippen LogP contribution in [0.3, 0.4) is 0 Å². The van der Waals surface area contributed by atoms with Crippen LogP contribution in [0.2, 0.25) is 0 Å². The number of benzene rings is 2. The molecule has 0 aliphatic rings. The van der Waals surface area contributed by atoms with Crippen LogP contribution in [0.1, 0.15) is 17.5 Å². The molecule has 0 aliphatic carbocycles. The molecular formula is C20H22BrN3O. The van der Waals surface area contributed by atoms with Crippen LogP contribution in [0.4, 0.5) is 0 Å². The number of aromatic nitrogens is 2. The standard InChI is InChI=1S/C20H22BrN3O/c21-19-7-8-20(25-15-17-5-2-1-3-6-17)18(13-19)14-22-9-4-11-24-12-10-23-16-24/h1-3,5-8,10,12-13,16,22H,4,9,11,14-15H2. The molecule has 0 spiro atoms. The highest BCUT2D eigenvalue weighted by Gasteiger charge is 2.05. The summed E-state index contributed by atoms with van der Waals surface area (Å²) in [5.74, 6) is 0.925. The van der Waals surface area contributed by atoms with Crippen LogP contribution >= 0.6 is 15.9 Å². The van der Waals surface area contributed by atoms with Crippen molar-refractivity contribution in [2.45, 2.75) is 26.1 Å². The Hall–Kier alpha value is -2.11. The third kappa shape index (κ3) is 5.73. The predicted octanol–water partition coefficient (Wildman–Crippen LogP) is 4.40. The Labute approximate surface area is 157 Å². The molecule has 4 nitrogen and oxygen atoms in total. The molecule has 0 fully saturated rings. The van der Waals surface area contributed by atoms with E-state index in [1.165, 1.54) is 5.56 Å². The normalized spacial score (nSPS) is 10.8. The van der Waals surface area contributed by atoms with E-state index in [-0.39, 0.29) is 0 Å². The Kier molecular flexibility index (Phi) is 6.65. The fraction of sp³-hybridized carbons (Fsp3) is 0.250. The SMILES string of the molecule is Brc1ccc(OCc2ccccc2)c(CNCCCn2ccnc2)c1. The van der Waals surface area contributed by atoms with E-state index in [1.54, 1.807) is 0 Å². The quantitative estimate of drug-likeness (QED) is 0.541. The van der Waals surface area contributed by atoms with Gasteiger partial charge in [-0.1, -0.05) is 46.3 Å². The maximum atomic E-state index is 6.02.